The predicted molar refractivity (Wildman–Crippen MR) is 80.2 cm³/mol. The van der Waals surface area contributed by atoms with Crippen LogP contribution in [0.4, 0.5) is 11.4 Å². The van der Waals surface area contributed by atoms with Crippen LogP contribution in [0, 0.1) is 5.92 Å². The molecular weight excluding hydrogens is 268 g/mol. The lowest BCUT2D eigenvalue weighted by molar-refractivity contribution is -0.126. The van der Waals surface area contributed by atoms with Gasteiger partial charge in [-0.1, -0.05) is 0 Å². The van der Waals surface area contributed by atoms with Gasteiger partial charge < -0.3 is 15.4 Å². The largest absolute Gasteiger partial charge is 0.371 e. The Morgan fingerprint density at radius 2 is 2.19 bits per heavy atom. The summed E-state index contributed by atoms with van der Waals surface area (Å²) in [4.78, 5) is 23.7. The van der Waals surface area contributed by atoms with Crippen LogP contribution >= 0.6 is 0 Å². The Balaban J connectivity index is 1.73. The summed E-state index contributed by atoms with van der Waals surface area (Å²) in [6.07, 6.45) is 3.98. The van der Waals surface area contributed by atoms with Crippen LogP contribution in [-0.2, 0) is 20.7 Å². The molecule has 0 spiro atoms. The first-order valence-corrected chi connectivity index (χ1v) is 7.44. The molecule has 0 bridgehead atoms. The Morgan fingerprint density at radius 3 is 2.90 bits per heavy atom. The van der Waals surface area contributed by atoms with Crippen molar-refractivity contribution in [2.24, 2.45) is 5.92 Å². The van der Waals surface area contributed by atoms with Gasteiger partial charge in [-0.05, 0) is 55.4 Å². The van der Waals surface area contributed by atoms with E-state index in [4.69, 9.17) is 4.74 Å². The van der Waals surface area contributed by atoms with Gasteiger partial charge in [-0.15, -0.1) is 0 Å². The van der Waals surface area contributed by atoms with Gasteiger partial charge in [0.05, 0.1) is 0 Å². The Bertz CT molecular complexity index is 567. The minimum Gasteiger partial charge on any atom is -0.371 e. The second kappa shape index (κ2) is 5.85. The van der Waals surface area contributed by atoms with Gasteiger partial charge >= 0.3 is 0 Å². The van der Waals surface area contributed by atoms with E-state index in [2.05, 4.69) is 10.6 Å². The standard InChI is InChI=1S/C16H20N2O3/c1-21-15(10-5-6-10)16(20)17-12-7-8-13-11(9-12)3-2-4-14(19)18-13/h7-10,15H,2-6H2,1H3,(H,17,20)(H,18,19)/t15-/m1/s1. The first-order valence-electron chi connectivity index (χ1n) is 7.44. The monoisotopic (exact) mass is 288 g/mol. The number of hydrogen-bond donors (Lipinski definition) is 2. The summed E-state index contributed by atoms with van der Waals surface area (Å²) in [5, 5.41) is 5.81. The van der Waals surface area contributed by atoms with Crippen LogP contribution in [0.1, 0.15) is 31.2 Å². The summed E-state index contributed by atoms with van der Waals surface area (Å²) in [5.41, 5.74) is 2.68. The van der Waals surface area contributed by atoms with Crippen molar-refractivity contribution in [1.29, 1.82) is 0 Å². The van der Waals surface area contributed by atoms with E-state index < -0.39 is 0 Å². The highest BCUT2D eigenvalue weighted by atomic mass is 16.5. The number of amides is 2. The third kappa shape index (κ3) is 3.24. The van der Waals surface area contributed by atoms with Gasteiger partial charge in [-0.25, -0.2) is 0 Å². The van der Waals surface area contributed by atoms with Crippen LogP contribution in [0.3, 0.4) is 0 Å². The number of benzene rings is 1. The van der Waals surface area contributed by atoms with E-state index in [1.165, 1.54) is 0 Å². The molecule has 21 heavy (non-hydrogen) atoms. The fourth-order valence-electron chi connectivity index (χ4n) is 2.78. The fourth-order valence-corrected chi connectivity index (χ4v) is 2.78. The van der Waals surface area contributed by atoms with Gasteiger partial charge in [0.15, 0.2) is 0 Å². The van der Waals surface area contributed by atoms with E-state index in [-0.39, 0.29) is 17.9 Å². The smallest absolute Gasteiger partial charge is 0.253 e. The zero-order chi connectivity index (χ0) is 14.8. The van der Waals surface area contributed by atoms with E-state index in [0.29, 0.717) is 12.3 Å². The summed E-state index contributed by atoms with van der Waals surface area (Å²) in [6.45, 7) is 0. The molecule has 3 rings (SSSR count). The van der Waals surface area contributed by atoms with E-state index in [9.17, 15) is 9.59 Å². The first kappa shape index (κ1) is 14.1. The molecule has 1 aromatic carbocycles. The SMILES string of the molecule is CO[C@@H](C(=O)Nc1ccc2c(c1)CCCC(=O)N2)C1CC1. The lowest BCUT2D eigenvalue weighted by Crippen LogP contribution is -2.31. The van der Waals surface area contributed by atoms with Crippen molar-refractivity contribution < 1.29 is 14.3 Å². The van der Waals surface area contributed by atoms with E-state index in [1.54, 1.807) is 7.11 Å². The molecule has 5 heteroatoms. The third-order valence-corrected chi connectivity index (χ3v) is 4.06. The fraction of sp³-hybridized carbons (Fsp3) is 0.500. The Hall–Kier alpha value is -1.88. The maximum atomic E-state index is 12.2. The lowest BCUT2D eigenvalue weighted by Gasteiger charge is -2.15. The molecule has 1 aliphatic heterocycles. The molecule has 1 saturated carbocycles. The number of nitrogens with one attached hydrogen (secondary N) is 2. The molecule has 1 aliphatic carbocycles. The highest BCUT2D eigenvalue weighted by Crippen LogP contribution is 2.34. The van der Waals surface area contributed by atoms with Crippen LogP contribution in [0.5, 0.6) is 0 Å². The molecule has 2 aliphatic rings. The van der Waals surface area contributed by atoms with Gasteiger partial charge in [-0.2, -0.15) is 0 Å². The number of carbonyl (C=O) groups is 2. The van der Waals surface area contributed by atoms with Crippen molar-refractivity contribution in [3.05, 3.63) is 23.8 Å². The summed E-state index contributed by atoms with van der Waals surface area (Å²) >= 11 is 0. The Kier molecular flexibility index (Phi) is 3.92. The Labute approximate surface area is 124 Å². The van der Waals surface area contributed by atoms with Gasteiger partial charge in [0.1, 0.15) is 6.10 Å². The number of carbonyl (C=O) groups excluding carboxylic acids is 2. The van der Waals surface area contributed by atoms with Gasteiger partial charge in [0.25, 0.3) is 5.91 Å². The number of hydrogen-bond acceptors (Lipinski definition) is 3. The van der Waals surface area contributed by atoms with Crippen molar-refractivity contribution in [3.63, 3.8) is 0 Å². The zero-order valence-electron chi connectivity index (χ0n) is 12.1. The molecule has 0 saturated heterocycles. The van der Waals surface area contributed by atoms with Crippen LogP contribution in [0.2, 0.25) is 0 Å². The summed E-state index contributed by atoms with van der Waals surface area (Å²) in [6, 6.07) is 5.62. The normalized spacial score (nSPS) is 19.2. The molecule has 1 heterocycles. The minimum absolute atomic E-state index is 0.0544. The third-order valence-electron chi connectivity index (χ3n) is 4.06. The maximum Gasteiger partial charge on any atom is 0.253 e. The van der Waals surface area contributed by atoms with Crippen LogP contribution < -0.4 is 10.6 Å². The lowest BCUT2D eigenvalue weighted by atomic mass is 10.1. The molecule has 0 unspecified atom stereocenters. The second-order valence-electron chi connectivity index (χ2n) is 5.76. The molecular formula is C16H20N2O3. The van der Waals surface area contributed by atoms with Crippen molar-refractivity contribution in [2.45, 2.75) is 38.2 Å². The first-order chi connectivity index (χ1) is 10.2. The molecule has 112 valence electrons. The maximum absolute atomic E-state index is 12.2. The number of methoxy groups -OCH3 is 1. The van der Waals surface area contributed by atoms with E-state index in [1.807, 2.05) is 18.2 Å². The molecule has 5 nitrogen and oxygen atoms in total. The predicted octanol–water partition coefficient (Wildman–Crippen LogP) is 2.32. The van der Waals surface area contributed by atoms with Crippen molar-refractivity contribution in [3.8, 4) is 0 Å². The number of rotatable bonds is 4. The summed E-state index contributed by atoms with van der Waals surface area (Å²) in [7, 11) is 1.58. The van der Waals surface area contributed by atoms with Crippen LogP contribution in [0.25, 0.3) is 0 Å². The highest BCUT2D eigenvalue weighted by molar-refractivity contribution is 5.96. The van der Waals surface area contributed by atoms with Crippen molar-refractivity contribution in [1.82, 2.24) is 0 Å². The van der Waals surface area contributed by atoms with Gasteiger partial charge in [0, 0.05) is 24.9 Å². The van der Waals surface area contributed by atoms with Crippen molar-refractivity contribution >= 4 is 23.2 Å². The van der Waals surface area contributed by atoms with E-state index in [0.717, 1.165) is 42.6 Å². The van der Waals surface area contributed by atoms with Crippen LogP contribution in [0.15, 0.2) is 18.2 Å². The molecule has 2 amide bonds. The molecule has 1 fully saturated rings. The number of ether oxygens (including phenoxy) is 1. The molecule has 0 radical (unpaired) electrons. The van der Waals surface area contributed by atoms with Gasteiger partial charge in [0.2, 0.25) is 5.91 Å². The Morgan fingerprint density at radius 1 is 1.38 bits per heavy atom. The summed E-state index contributed by atoms with van der Waals surface area (Å²) in [5.74, 6) is 0.325. The second-order valence-corrected chi connectivity index (χ2v) is 5.76. The number of fused-ring (bicyclic) bond motifs is 1. The minimum atomic E-state index is -0.358. The van der Waals surface area contributed by atoms with Crippen molar-refractivity contribution in [2.75, 3.05) is 17.7 Å². The van der Waals surface area contributed by atoms with Crippen LogP contribution in [-0.4, -0.2) is 25.0 Å². The number of aryl methyl sites for hydroxylation is 1. The average molecular weight is 288 g/mol. The number of anilines is 2. The zero-order valence-corrected chi connectivity index (χ0v) is 12.1. The topological polar surface area (TPSA) is 67.4 Å². The molecule has 2 N–H and O–H groups in total. The molecule has 1 aromatic rings. The molecule has 1 atom stereocenters. The summed E-state index contributed by atoms with van der Waals surface area (Å²) < 4.78 is 5.29. The van der Waals surface area contributed by atoms with E-state index >= 15 is 0 Å². The average Bonchev–Trinajstić information content (AvgIpc) is 3.27. The highest BCUT2D eigenvalue weighted by Gasteiger charge is 2.36. The van der Waals surface area contributed by atoms with Gasteiger partial charge in [-0.3, -0.25) is 9.59 Å². The quantitative estimate of drug-likeness (QED) is 0.893. The molecule has 0 aromatic heterocycles.